The average Bonchev–Trinajstić information content (AvgIpc) is 3.26. The second-order valence-electron chi connectivity index (χ2n) is 9.29. The summed E-state index contributed by atoms with van der Waals surface area (Å²) in [6, 6.07) is 7.11. The zero-order chi connectivity index (χ0) is 25.6. The third-order valence-corrected chi connectivity index (χ3v) is 6.93. The Hall–Kier alpha value is -3.88. The van der Waals surface area contributed by atoms with Gasteiger partial charge >= 0.3 is 5.69 Å². The van der Waals surface area contributed by atoms with Crippen LogP contribution in [0.5, 0.6) is 0 Å². The number of rotatable bonds is 4. The number of piperidine rings is 1. The number of aryl methyl sites for hydroxylation is 1. The summed E-state index contributed by atoms with van der Waals surface area (Å²) in [5.74, 6) is 6.69. The maximum Gasteiger partial charge on any atom is 0.332 e. The van der Waals surface area contributed by atoms with Gasteiger partial charge in [-0.3, -0.25) is 23.7 Å². The van der Waals surface area contributed by atoms with Crippen molar-refractivity contribution >= 4 is 28.6 Å². The molecule has 0 aliphatic carbocycles. The van der Waals surface area contributed by atoms with Crippen LogP contribution in [0.3, 0.4) is 0 Å². The Morgan fingerprint density at radius 1 is 1.22 bits per heavy atom. The Morgan fingerprint density at radius 3 is 2.75 bits per heavy atom. The van der Waals surface area contributed by atoms with Gasteiger partial charge in [-0.2, -0.15) is 4.98 Å². The van der Waals surface area contributed by atoms with Gasteiger partial charge in [0.25, 0.3) is 5.56 Å². The van der Waals surface area contributed by atoms with E-state index in [0.717, 1.165) is 34.6 Å². The molecule has 0 bridgehead atoms. The van der Waals surface area contributed by atoms with Crippen LogP contribution in [0.25, 0.3) is 11.2 Å². The van der Waals surface area contributed by atoms with E-state index in [2.05, 4.69) is 21.7 Å². The Bertz CT molecular complexity index is 1540. The van der Waals surface area contributed by atoms with E-state index in [1.165, 1.54) is 4.57 Å². The first-order chi connectivity index (χ1) is 17.3. The van der Waals surface area contributed by atoms with Crippen molar-refractivity contribution in [2.45, 2.75) is 51.9 Å². The number of amidine groups is 1. The standard InChI is InChI=1S/C25H30N8O3/c1-4-5-13-31-21-22(28-24(31)30-12-8-9-17(26)14-30)29(3)25(35)32(23(21)34)15-20-27-19-11-7-6-10-18(19)16(2)33(20)36/h6-7,10-11,16-17,36H,8-9,12-15,26H2,1-3H3. The number of hydrogen-bond acceptors (Lipinski definition) is 8. The maximum atomic E-state index is 13.8. The number of aliphatic imine (C=N–C) groups is 1. The lowest BCUT2D eigenvalue weighted by molar-refractivity contribution is -0.0536. The normalized spacial score (nSPS) is 19.6. The molecule has 3 aromatic rings. The number of aromatic nitrogens is 4. The highest BCUT2D eigenvalue weighted by Gasteiger charge is 2.29. The molecule has 3 N–H and O–H groups in total. The molecule has 2 aliphatic rings. The summed E-state index contributed by atoms with van der Waals surface area (Å²) < 4.78 is 4.22. The number of fused-ring (bicyclic) bond motifs is 2. The molecule has 1 saturated heterocycles. The van der Waals surface area contributed by atoms with Crippen LogP contribution in [-0.2, 0) is 20.1 Å². The Morgan fingerprint density at radius 2 is 2.00 bits per heavy atom. The summed E-state index contributed by atoms with van der Waals surface area (Å²) in [4.78, 5) is 38.4. The predicted molar refractivity (Wildman–Crippen MR) is 138 cm³/mol. The Balaban J connectivity index is 1.67. The molecule has 0 radical (unpaired) electrons. The van der Waals surface area contributed by atoms with Gasteiger partial charge in [-0.05, 0) is 32.8 Å². The molecule has 1 aromatic carbocycles. The Labute approximate surface area is 208 Å². The second kappa shape index (κ2) is 9.29. The lowest BCUT2D eigenvalue weighted by Gasteiger charge is -2.31. The number of hydroxylamine groups is 2. The maximum absolute atomic E-state index is 13.8. The summed E-state index contributed by atoms with van der Waals surface area (Å²) in [6.45, 7) is 5.00. The molecule has 2 aromatic heterocycles. The lowest BCUT2D eigenvalue weighted by atomic mass is 10.0. The molecule has 2 unspecified atom stereocenters. The summed E-state index contributed by atoms with van der Waals surface area (Å²) in [7, 11) is 1.59. The van der Waals surface area contributed by atoms with Crippen LogP contribution in [0.4, 0.5) is 11.6 Å². The fraction of sp³-hybridized carbons (Fsp3) is 0.440. The molecular weight excluding hydrogens is 460 g/mol. The van der Waals surface area contributed by atoms with Crippen molar-refractivity contribution in [3.63, 3.8) is 0 Å². The van der Waals surface area contributed by atoms with E-state index in [1.807, 2.05) is 31.2 Å². The lowest BCUT2D eigenvalue weighted by Crippen LogP contribution is -2.45. The largest absolute Gasteiger partial charge is 0.341 e. The van der Waals surface area contributed by atoms with E-state index in [-0.39, 0.29) is 36.5 Å². The summed E-state index contributed by atoms with van der Waals surface area (Å²) in [5, 5.41) is 11.8. The third kappa shape index (κ3) is 3.88. The minimum Gasteiger partial charge on any atom is -0.341 e. The van der Waals surface area contributed by atoms with Gasteiger partial charge in [0.15, 0.2) is 11.2 Å². The van der Waals surface area contributed by atoms with E-state index < -0.39 is 11.2 Å². The van der Waals surface area contributed by atoms with Gasteiger partial charge in [0.1, 0.15) is 5.84 Å². The smallest absolute Gasteiger partial charge is 0.332 e. The van der Waals surface area contributed by atoms with E-state index in [0.29, 0.717) is 23.8 Å². The zero-order valence-electron chi connectivity index (χ0n) is 20.7. The van der Waals surface area contributed by atoms with E-state index in [1.54, 1.807) is 18.5 Å². The SMILES string of the molecule is CC#CCn1c(N2CCCC(N)C2)nc2c1c(=O)n(CC1=Nc3ccccc3C(C)N1O)c(=O)n2C. The minimum atomic E-state index is -0.539. The van der Waals surface area contributed by atoms with Crippen LogP contribution in [0.15, 0.2) is 38.8 Å². The molecule has 2 aliphatic heterocycles. The van der Waals surface area contributed by atoms with Crippen molar-refractivity contribution < 1.29 is 5.21 Å². The topological polar surface area (TPSA) is 127 Å². The first-order valence-electron chi connectivity index (χ1n) is 12.1. The van der Waals surface area contributed by atoms with Crippen LogP contribution >= 0.6 is 0 Å². The molecule has 0 amide bonds. The van der Waals surface area contributed by atoms with Crippen molar-refractivity contribution in [2.24, 2.45) is 17.8 Å². The van der Waals surface area contributed by atoms with Gasteiger partial charge < -0.3 is 10.6 Å². The highest BCUT2D eigenvalue weighted by molar-refractivity contribution is 5.87. The molecule has 0 saturated carbocycles. The predicted octanol–water partition coefficient (Wildman–Crippen LogP) is 1.34. The van der Waals surface area contributed by atoms with Crippen LogP contribution in [-0.4, -0.2) is 53.9 Å². The van der Waals surface area contributed by atoms with Crippen LogP contribution in [0, 0.1) is 11.8 Å². The number of hydrogen-bond donors (Lipinski definition) is 2. The zero-order valence-corrected chi connectivity index (χ0v) is 20.7. The minimum absolute atomic E-state index is 0.00877. The van der Waals surface area contributed by atoms with Crippen molar-refractivity contribution in [1.82, 2.24) is 23.7 Å². The molecule has 5 rings (SSSR count). The van der Waals surface area contributed by atoms with Gasteiger partial charge in [0.05, 0.1) is 24.8 Å². The van der Waals surface area contributed by atoms with Crippen molar-refractivity contribution in [2.75, 3.05) is 18.0 Å². The number of nitrogens with zero attached hydrogens (tertiary/aromatic N) is 7. The molecular formula is C25H30N8O3. The number of para-hydroxylation sites is 1. The molecule has 1 fully saturated rings. The fourth-order valence-electron chi connectivity index (χ4n) is 4.98. The van der Waals surface area contributed by atoms with E-state index in [4.69, 9.17) is 10.7 Å². The number of imidazole rings is 1. The summed E-state index contributed by atoms with van der Waals surface area (Å²) >= 11 is 0. The van der Waals surface area contributed by atoms with Gasteiger partial charge in [-0.1, -0.05) is 24.1 Å². The highest BCUT2D eigenvalue weighted by Crippen LogP contribution is 2.33. The number of anilines is 1. The fourth-order valence-corrected chi connectivity index (χ4v) is 4.98. The molecule has 4 heterocycles. The van der Waals surface area contributed by atoms with E-state index in [9.17, 15) is 14.8 Å². The molecule has 0 spiro atoms. The monoisotopic (exact) mass is 490 g/mol. The van der Waals surface area contributed by atoms with Gasteiger partial charge in [-0.25, -0.2) is 14.9 Å². The first kappa shape index (κ1) is 23.8. The molecule has 11 nitrogen and oxygen atoms in total. The summed E-state index contributed by atoms with van der Waals surface area (Å²) in [6.07, 6.45) is 1.84. The highest BCUT2D eigenvalue weighted by atomic mass is 16.5. The summed E-state index contributed by atoms with van der Waals surface area (Å²) in [5.41, 5.74) is 7.29. The van der Waals surface area contributed by atoms with Crippen LogP contribution in [0.1, 0.15) is 38.3 Å². The molecule has 36 heavy (non-hydrogen) atoms. The number of nitrogens with two attached hydrogens (primary N) is 1. The average molecular weight is 491 g/mol. The quantitative estimate of drug-likeness (QED) is 0.529. The van der Waals surface area contributed by atoms with Crippen LogP contribution in [0.2, 0.25) is 0 Å². The van der Waals surface area contributed by atoms with E-state index >= 15 is 0 Å². The van der Waals surface area contributed by atoms with Crippen molar-refractivity contribution in [3.8, 4) is 11.8 Å². The van der Waals surface area contributed by atoms with Crippen molar-refractivity contribution in [3.05, 3.63) is 50.7 Å². The van der Waals surface area contributed by atoms with Crippen molar-refractivity contribution in [1.29, 1.82) is 0 Å². The van der Waals surface area contributed by atoms with Gasteiger partial charge in [0, 0.05) is 31.7 Å². The molecule has 11 heteroatoms. The van der Waals surface area contributed by atoms with Gasteiger partial charge in [0.2, 0.25) is 5.95 Å². The van der Waals surface area contributed by atoms with Crippen LogP contribution < -0.4 is 21.9 Å². The van der Waals surface area contributed by atoms with Gasteiger partial charge in [-0.15, -0.1) is 5.92 Å². The molecule has 2 atom stereocenters. The second-order valence-corrected chi connectivity index (χ2v) is 9.29. The third-order valence-electron chi connectivity index (χ3n) is 6.93. The first-order valence-corrected chi connectivity index (χ1v) is 12.1. The number of benzene rings is 1. The molecule has 188 valence electrons. The Kier molecular flexibility index (Phi) is 6.15.